The van der Waals surface area contributed by atoms with Crippen molar-refractivity contribution in [3.63, 3.8) is 0 Å². The standard InChI is InChI=1S/C13H18FN3O3S/c1-13(6-3-7-15-13)12(18)16-9-4-5-10(14)11(8-9)17-21(2,19)20/h4-5,8,15,17H,3,6-7H2,1-2H3,(H,16,18). The fourth-order valence-electron chi connectivity index (χ4n) is 2.24. The van der Waals surface area contributed by atoms with Gasteiger partial charge in [-0.15, -0.1) is 0 Å². The van der Waals surface area contributed by atoms with Crippen LogP contribution >= 0.6 is 0 Å². The van der Waals surface area contributed by atoms with Gasteiger partial charge in [0.05, 0.1) is 17.5 Å². The van der Waals surface area contributed by atoms with E-state index in [9.17, 15) is 17.6 Å². The molecule has 1 amide bonds. The summed E-state index contributed by atoms with van der Waals surface area (Å²) in [4.78, 5) is 12.2. The van der Waals surface area contributed by atoms with Crippen LogP contribution in [0.25, 0.3) is 0 Å². The van der Waals surface area contributed by atoms with Gasteiger partial charge in [0, 0.05) is 5.69 Å². The van der Waals surface area contributed by atoms with E-state index in [2.05, 4.69) is 15.4 Å². The van der Waals surface area contributed by atoms with E-state index in [1.807, 2.05) is 0 Å². The highest BCUT2D eigenvalue weighted by molar-refractivity contribution is 7.92. The Bertz CT molecular complexity index is 655. The summed E-state index contributed by atoms with van der Waals surface area (Å²) in [5.41, 5.74) is -0.513. The van der Waals surface area contributed by atoms with E-state index in [-0.39, 0.29) is 11.6 Å². The molecule has 116 valence electrons. The molecule has 1 saturated heterocycles. The van der Waals surface area contributed by atoms with Crippen LogP contribution in [0.5, 0.6) is 0 Å². The summed E-state index contributed by atoms with van der Waals surface area (Å²) < 4.78 is 38.0. The molecule has 1 aliphatic rings. The molecule has 1 aliphatic heterocycles. The van der Waals surface area contributed by atoms with E-state index in [0.717, 1.165) is 25.3 Å². The van der Waals surface area contributed by atoms with Crippen LogP contribution < -0.4 is 15.4 Å². The molecule has 0 aliphatic carbocycles. The van der Waals surface area contributed by atoms with Crippen molar-refractivity contribution in [2.45, 2.75) is 25.3 Å². The number of carbonyl (C=O) groups is 1. The summed E-state index contributed by atoms with van der Waals surface area (Å²) in [5, 5.41) is 5.79. The minimum atomic E-state index is -3.59. The van der Waals surface area contributed by atoms with Gasteiger partial charge in [-0.2, -0.15) is 0 Å². The minimum Gasteiger partial charge on any atom is -0.324 e. The lowest BCUT2D eigenvalue weighted by atomic mass is 9.99. The molecule has 0 radical (unpaired) electrons. The maximum absolute atomic E-state index is 13.6. The first-order valence-electron chi connectivity index (χ1n) is 6.53. The first-order valence-corrected chi connectivity index (χ1v) is 8.43. The van der Waals surface area contributed by atoms with Crippen LogP contribution in [0.1, 0.15) is 19.8 Å². The van der Waals surface area contributed by atoms with E-state index in [1.54, 1.807) is 6.92 Å². The van der Waals surface area contributed by atoms with E-state index >= 15 is 0 Å². The van der Waals surface area contributed by atoms with Crippen molar-refractivity contribution in [1.29, 1.82) is 0 Å². The zero-order valence-corrected chi connectivity index (χ0v) is 12.7. The number of benzene rings is 1. The summed E-state index contributed by atoms with van der Waals surface area (Å²) in [7, 11) is -3.59. The third-order valence-corrected chi connectivity index (χ3v) is 3.98. The van der Waals surface area contributed by atoms with Gasteiger partial charge < -0.3 is 10.6 Å². The number of hydrogen-bond donors (Lipinski definition) is 3. The zero-order valence-electron chi connectivity index (χ0n) is 11.9. The molecule has 1 aromatic rings. The molecule has 0 bridgehead atoms. The number of anilines is 2. The molecule has 2 rings (SSSR count). The van der Waals surface area contributed by atoms with Gasteiger partial charge in [0.15, 0.2) is 0 Å². The Morgan fingerprint density at radius 3 is 2.71 bits per heavy atom. The maximum Gasteiger partial charge on any atom is 0.244 e. The van der Waals surface area contributed by atoms with Gasteiger partial charge in [0.25, 0.3) is 0 Å². The van der Waals surface area contributed by atoms with Crippen molar-refractivity contribution in [2.75, 3.05) is 22.8 Å². The van der Waals surface area contributed by atoms with E-state index < -0.39 is 21.4 Å². The SMILES string of the molecule is CC1(C(=O)Nc2ccc(F)c(NS(C)(=O)=O)c2)CCCN1. The summed E-state index contributed by atoms with van der Waals surface area (Å²) in [6.07, 6.45) is 2.56. The molecule has 0 spiro atoms. The van der Waals surface area contributed by atoms with Gasteiger partial charge in [-0.3, -0.25) is 9.52 Å². The van der Waals surface area contributed by atoms with Crippen LogP contribution in [-0.2, 0) is 14.8 Å². The van der Waals surface area contributed by atoms with Crippen LogP contribution in [0.4, 0.5) is 15.8 Å². The van der Waals surface area contributed by atoms with Gasteiger partial charge in [-0.05, 0) is 44.5 Å². The third kappa shape index (κ3) is 3.92. The smallest absolute Gasteiger partial charge is 0.244 e. The molecule has 8 heteroatoms. The predicted octanol–water partition coefficient (Wildman–Crippen LogP) is 1.28. The number of rotatable bonds is 4. The summed E-state index contributed by atoms with van der Waals surface area (Å²) in [6, 6.07) is 3.75. The van der Waals surface area contributed by atoms with Crippen molar-refractivity contribution in [1.82, 2.24) is 5.32 Å². The van der Waals surface area contributed by atoms with Crippen molar-refractivity contribution in [3.05, 3.63) is 24.0 Å². The molecule has 6 nitrogen and oxygen atoms in total. The third-order valence-electron chi connectivity index (χ3n) is 3.39. The lowest BCUT2D eigenvalue weighted by molar-refractivity contribution is -0.121. The number of sulfonamides is 1. The van der Waals surface area contributed by atoms with E-state index in [1.165, 1.54) is 12.1 Å². The molecule has 1 aromatic carbocycles. The Morgan fingerprint density at radius 2 is 2.14 bits per heavy atom. The fraction of sp³-hybridized carbons (Fsp3) is 0.462. The quantitative estimate of drug-likeness (QED) is 0.781. The largest absolute Gasteiger partial charge is 0.324 e. The summed E-state index contributed by atoms with van der Waals surface area (Å²) in [6.45, 7) is 2.57. The Hall–Kier alpha value is -1.67. The average molecular weight is 315 g/mol. The van der Waals surface area contributed by atoms with Gasteiger partial charge in [0.2, 0.25) is 15.9 Å². The Labute approximate surface area is 123 Å². The molecule has 1 atom stereocenters. The van der Waals surface area contributed by atoms with Crippen molar-refractivity contribution >= 4 is 27.3 Å². The zero-order chi connectivity index (χ0) is 15.7. The minimum absolute atomic E-state index is 0.195. The lowest BCUT2D eigenvalue weighted by Crippen LogP contribution is -2.47. The Balaban J connectivity index is 2.17. The molecule has 1 heterocycles. The lowest BCUT2D eigenvalue weighted by Gasteiger charge is -2.23. The van der Waals surface area contributed by atoms with Crippen LogP contribution in [0.15, 0.2) is 18.2 Å². The highest BCUT2D eigenvalue weighted by Gasteiger charge is 2.35. The summed E-state index contributed by atoms with van der Waals surface area (Å²) >= 11 is 0. The number of carbonyl (C=O) groups excluding carboxylic acids is 1. The first-order chi connectivity index (χ1) is 9.70. The number of halogens is 1. The monoisotopic (exact) mass is 315 g/mol. The van der Waals surface area contributed by atoms with E-state index in [0.29, 0.717) is 12.1 Å². The molecule has 0 aromatic heterocycles. The average Bonchev–Trinajstić information content (AvgIpc) is 2.80. The van der Waals surface area contributed by atoms with Crippen molar-refractivity contribution < 1.29 is 17.6 Å². The van der Waals surface area contributed by atoms with Crippen LogP contribution in [0, 0.1) is 5.82 Å². The van der Waals surface area contributed by atoms with E-state index in [4.69, 9.17) is 0 Å². The molecule has 3 N–H and O–H groups in total. The second-order valence-electron chi connectivity index (χ2n) is 5.39. The van der Waals surface area contributed by atoms with Crippen LogP contribution in [0.3, 0.4) is 0 Å². The first kappa shape index (κ1) is 15.7. The molecule has 1 fully saturated rings. The number of nitrogens with one attached hydrogen (secondary N) is 3. The molecule has 1 unspecified atom stereocenters. The van der Waals surface area contributed by atoms with Crippen LogP contribution in [-0.4, -0.2) is 32.7 Å². The molecule has 21 heavy (non-hydrogen) atoms. The Kier molecular flexibility index (Phi) is 4.20. The van der Waals surface area contributed by atoms with Gasteiger partial charge in [-0.25, -0.2) is 12.8 Å². The normalized spacial score (nSPS) is 22.0. The molecular weight excluding hydrogens is 297 g/mol. The second-order valence-corrected chi connectivity index (χ2v) is 7.13. The number of hydrogen-bond acceptors (Lipinski definition) is 4. The van der Waals surface area contributed by atoms with Crippen molar-refractivity contribution in [3.8, 4) is 0 Å². The number of amides is 1. The highest BCUT2D eigenvalue weighted by Crippen LogP contribution is 2.24. The Morgan fingerprint density at radius 1 is 1.43 bits per heavy atom. The fourth-order valence-corrected chi connectivity index (χ4v) is 2.79. The summed E-state index contributed by atoms with van der Waals surface area (Å²) in [5.74, 6) is -0.930. The maximum atomic E-state index is 13.6. The highest BCUT2D eigenvalue weighted by atomic mass is 32.2. The topological polar surface area (TPSA) is 87.3 Å². The van der Waals surface area contributed by atoms with Gasteiger partial charge >= 0.3 is 0 Å². The van der Waals surface area contributed by atoms with Crippen molar-refractivity contribution in [2.24, 2.45) is 0 Å². The molecule has 0 saturated carbocycles. The van der Waals surface area contributed by atoms with Crippen LogP contribution in [0.2, 0.25) is 0 Å². The molecular formula is C13H18FN3O3S. The van der Waals surface area contributed by atoms with Gasteiger partial charge in [-0.1, -0.05) is 0 Å². The predicted molar refractivity (Wildman–Crippen MR) is 79.1 cm³/mol. The van der Waals surface area contributed by atoms with Gasteiger partial charge in [0.1, 0.15) is 5.82 Å². The second kappa shape index (κ2) is 5.61.